The van der Waals surface area contributed by atoms with Crippen LogP contribution in [0.5, 0.6) is 0 Å². The summed E-state index contributed by atoms with van der Waals surface area (Å²) in [5.74, 6) is 0. The number of nitrogens with zero attached hydrogens (tertiary/aromatic N) is 2. The van der Waals surface area contributed by atoms with E-state index in [1.807, 2.05) is 12.1 Å². The molecule has 0 N–H and O–H groups in total. The minimum atomic E-state index is 0.291. The molecule has 0 aromatic carbocycles. The van der Waals surface area contributed by atoms with Gasteiger partial charge >= 0.3 is 0 Å². The fourth-order valence-corrected chi connectivity index (χ4v) is 2.37. The van der Waals surface area contributed by atoms with Crippen LogP contribution in [0.1, 0.15) is 19.4 Å². The molecule has 1 saturated heterocycles. The Kier molecular flexibility index (Phi) is 3.79. The third-order valence-corrected chi connectivity index (χ3v) is 3.07. The van der Waals surface area contributed by atoms with Crippen LogP contribution in [0, 0.1) is 0 Å². The van der Waals surface area contributed by atoms with Crippen molar-refractivity contribution in [1.82, 2.24) is 9.88 Å². The molecule has 0 spiro atoms. The van der Waals surface area contributed by atoms with Crippen LogP contribution in [-0.4, -0.2) is 35.2 Å². The highest BCUT2D eigenvalue weighted by atomic mass is 35.5. The van der Waals surface area contributed by atoms with Crippen molar-refractivity contribution in [3.63, 3.8) is 0 Å². The first-order valence-electron chi connectivity index (χ1n) is 5.62. The van der Waals surface area contributed by atoms with Crippen molar-refractivity contribution in [3.8, 4) is 0 Å². The Labute approximate surface area is 101 Å². The molecule has 0 saturated carbocycles. The molecule has 1 aliphatic heterocycles. The van der Waals surface area contributed by atoms with E-state index in [1.54, 1.807) is 6.20 Å². The largest absolute Gasteiger partial charge is 0.373 e. The van der Waals surface area contributed by atoms with Crippen molar-refractivity contribution in [2.45, 2.75) is 32.6 Å². The van der Waals surface area contributed by atoms with E-state index in [1.165, 1.54) is 0 Å². The van der Waals surface area contributed by atoms with E-state index < -0.39 is 0 Å². The molecule has 3 nitrogen and oxygen atoms in total. The molecular formula is C12H17ClN2O. The number of pyridine rings is 1. The number of hydrogen-bond donors (Lipinski definition) is 0. The number of aromatic nitrogens is 1. The minimum absolute atomic E-state index is 0.291. The summed E-state index contributed by atoms with van der Waals surface area (Å²) in [5, 5.41) is 0.606. The van der Waals surface area contributed by atoms with Crippen LogP contribution in [-0.2, 0) is 11.3 Å². The molecule has 2 rings (SSSR count). The Bertz CT molecular complexity index is 349. The zero-order chi connectivity index (χ0) is 11.5. The first-order valence-corrected chi connectivity index (χ1v) is 6.00. The smallest absolute Gasteiger partial charge is 0.133 e. The molecule has 0 bridgehead atoms. The van der Waals surface area contributed by atoms with Gasteiger partial charge in [-0.3, -0.25) is 4.90 Å². The van der Waals surface area contributed by atoms with Crippen LogP contribution in [0.25, 0.3) is 0 Å². The van der Waals surface area contributed by atoms with Crippen molar-refractivity contribution < 1.29 is 4.74 Å². The highest BCUT2D eigenvalue weighted by Crippen LogP contribution is 2.17. The first-order chi connectivity index (χ1) is 7.65. The summed E-state index contributed by atoms with van der Waals surface area (Å²) in [5.41, 5.74) is 1.09. The molecule has 0 amide bonds. The fourth-order valence-electron chi connectivity index (χ4n) is 2.19. The molecule has 0 unspecified atom stereocenters. The molecule has 2 heterocycles. The number of morpholine rings is 1. The van der Waals surface area contributed by atoms with Crippen LogP contribution < -0.4 is 0 Å². The average molecular weight is 241 g/mol. The lowest BCUT2D eigenvalue weighted by Gasteiger charge is -2.35. The Morgan fingerprint density at radius 3 is 2.75 bits per heavy atom. The van der Waals surface area contributed by atoms with E-state index in [-0.39, 0.29) is 0 Å². The van der Waals surface area contributed by atoms with E-state index in [4.69, 9.17) is 16.3 Å². The summed E-state index contributed by atoms with van der Waals surface area (Å²) >= 11 is 6.05. The third kappa shape index (κ3) is 2.94. The molecule has 16 heavy (non-hydrogen) atoms. The summed E-state index contributed by atoms with van der Waals surface area (Å²) in [6.07, 6.45) is 2.30. The minimum Gasteiger partial charge on any atom is -0.373 e. The highest BCUT2D eigenvalue weighted by Gasteiger charge is 2.22. The van der Waals surface area contributed by atoms with Gasteiger partial charge in [0.1, 0.15) is 5.15 Å². The lowest BCUT2D eigenvalue weighted by Crippen LogP contribution is -2.44. The van der Waals surface area contributed by atoms with E-state index in [2.05, 4.69) is 23.7 Å². The molecule has 4 heteroatoms. The zero-order valence-corrected chi connectivity index (χ0v) is 10.4. The molecule has 1 fully saturated rings. The van der Waals surface area contributed by atoms with Gasteiger partial charge in [0.25, 0.3) is 0 Å². The van der Waals surface area contributed by atoms with Crippen LogP contribution in [0.15, 0.2) is 18.3 Å². The van der Waals surface area contributed by atoms with Gasteiger partial charge in [-0.05, 0) is 19.9 Å². The normalized spacial score (nSPS) is 26.9. The van der Waals surface area contributed by atoms with Crippen LogP contribution in [0.4, 0.5) is 0 Å². The first kappa shape index (κ1) is 11.8. The second-order valence-electron chi connectivity index (χ2n) is 4.40. The molecule has 2 atom stereocenters. The number of halogens is 1. The predicted octanol–water partition coefficient (Wildman–Crippen LogP) is 2.34. The summed E-state index contributed by atoms with van der Waals surface area (Å²) in [4.78, 5) is 6.45. The maximum atomic E-state index is 6.05. The Morgan fingerprint density at radius 2 is 2.12 bits per heavy atom. The van der Waals surface area contributed by atoms with Gasteiger partial charge in [0.05, 0.1) is 12.2 Å². The van der Waals surface area contributed by atoms with Crippen molar-refractivity contribution in [3.05, 3.63) is 29.0 Å². The Hall–Kier alpha value is -0.640. The fraction of sp³-hybridized carbons (Fsp3) is 0.583. The maximum absolute atomic E-state index is 6.05. The topological polar surface area (TPSA) is 25.4 Å². The summed E-state index contributed by atoms with van der Waals surface area (Å²) < 4.78 is 5.69. The molecule has 1 aromatic rings. The van der Waals surface area contributed by atoms with Crippen molar-refractivity contribution in [2.24, 2.45) is 0 Å². The summed E-state index contributed by atoms with van der Waals surface area (Å²) in [6.45, 7) is 6.97. The lowest BCUT2D eigenvalue weighted by atomic mass is 10.2. The Morgan fingerprint density at radius 1 is 1.44 bits per heavy atom. The van der Waals surface area contributed by atoms with E-state index in [0.29, 0.717) is 17.4 Å². The van der Waals surface area contributed by atoms with Crippen LogP contribution in [0.3, 0.4) is 0 Å². The number of hydrogen-bond acceptors (Lipinski definition) is 3. The van der Waals surface area contributed by atoms with Gasteiger partial charge < -0.3 is 4.74 Å². The zero-order valence-electron chi connectivity index (χ0n) is 9.69. The average Bonchev–Trinajstić information content (AvgIpc) is 2.20. The lowest BCUT2D eigenvalue weighted by molar-refractivity contribution is -0.0705. The summed E-state index contributed by atoms with van der Waals surface area (Å²) in [7, 11) is 0. The van der Waals surface area contributed by atoms with Crippen LogP contribution >= 0.6 is 11.6 Å². The van der Waals surface area contributed by atoms with Gasteiger partial charge in [-0.15, -0.1) is 0 Å². The monoisotopic (exact) mass is 240 g/mol. The maximum Gasteiger partial charge on any atom is 0.133 e. The molecule has 0 radical (unpaired) electrons. The van der Waals surface area contributed by atoms with Crippen molar-refractivity contribution in [2.75, 3.05) is 13.1 Å². The van der Waals surface area contributed by atoms with Crippen molar-refractivity contribution >= 4 is 11.6 Å². The molecule has 0 aliphatic carbocycles. The van der Waals surface area contributed by atoms with Gasteiger partial charge in [-0.1, -0.05) is 17.7 Å². The van der Waals surface area contributed by atoms with E-state index in [0.717, 1.165) is 25.2 Å². The van der Waals surface area contributed by atoms with E-state index in [9.17, 15) is 0 Å². The molecule has 88 valence electrons. The van der Waals surface area contributed by atoms with Gasteiger partial charge in [-0.25, -0.2) is 4.98 Å². The molecular weight excluding hydrogens is 224 g/mol. The number of ether oxygens (including phenoxy) is 1. The molecule has 1 aromatic heterocycles. The van der Waals surface area contributed by atoms with Gasteiger partial charge in [0, 0.05) is 31.4 Å². The second kappa shape index (κ2) is 5.13. The van der Waals surface area contributed by atoms with Crippen molar-refractivity contribution in [1.29, 1.82) is 0 Å². The highest BCUT2D eigenvalue weighted by molar-refractivity contribution is 6.30. The van der Waals surface area contributed by atoms with Gasteiger partial charge in [0.2, 0.25) is 0 Å². The Balaban J connectivity index is 2.02. The SMILES string of the molecule is C[C@@H]1CN(Cc2cccnc2Cl)C[C@H](C)O1. The number of rotatable bonds is 2. The predicted molar refractivity (Wildman–Crippen MR) is 64.5 cm³/mol. The van der Waals surface area contributed by atoms with E-state index >= 15 is 0 Å². The van der Waals surface area contributed by atoms with Gasteiger partial charge in [0.15, 0.2) is 0 Å². The van der Waals surface area contributed by atoms with Crippen LogP contribution in [0.2, 0.25) is 5.15 Å². The second-order valence-corrected chi connectivity index (χ2v) is 4.76. The molecule has 1 aliphatic rings. The quantitative estimate of drug-likeness (QED) is 0.742. The third-order valence-electron chi connectivity index (χ3n) is 2.73. The summed E-state index contributed by atoms with van der Waals surface area (Å²) in [6, 6.07) is 3.95. The van der Waals surface area contributed by atoms with Gasteiger partial charge in [-0.2, -0.15) is 0 Å². The standard InChI is InChI=1S/C12H17ClN2O/c1-9-6-15(7-10(2)16-9)8-11-4-3-5-14-12(11)13/h3-5,9-10H,6-8H2,1-2H3/t9-,10+.